The Hall–Kier alpha value is -3.20. The van der Waals surface area contributed by atoms with E-state index >= 15 is 0 Å². The van der Waals surface area contributed by atoms with E-state index < -0.39 is 17.6 Å². The minimum Gasteiger partial charge on any atom is -0.451 e. The van der Waals surface area contributed by atoms with Crippen molar-refractivity contribution in [2.45, 2.75) is 19.6 Å². The summed E-state index contributed by atoms with van der Waals surface area (Å²) in [6.07, 6.45) is 0.340. The number of amides is 1. The molecule has 3 heterocycles. The van der Waals surface area contributed by atoms with Crippen molar-refractivity contribution in [3.63, 3.8) is 0 Å². The Labute approximate surface area is 159 Å². The van der Waals surface area contributed by atoms with E-state index in [0.717, 1.165) is 9.95 Å². The third kappa shape index (κ3) is 3.36. The summed E-state index contributed by atoms with van der Waals surface area (Å²) >= 11 is 0. The molecule has 1 atom stereocenters. The molecule has 9 heteroatoms. The van der Waals surface area contributed by atoms with Gasteiger partial charge in [0.2, 0.25) is 5.58 Å². The van der Waals surface area contributed by atoms with Gasteiger partial charge in [-0.3, -0.25) is 19.0 Å². The summed E-state index contributed by atoms with van der Waals surface area (Å²) in [4.78, 5) is 43.0. The van der Waals surface area contributed by atoms with Crippen LogP contribution in [0.15, 0.2) is 39.8 Å². The molecule has 0 radical (unpaired) electrons. The third-order valence-corrected chi connectivity index (χ3v) is 4.63. The molecule has 0 N–H and O–H groups in total. The summed E-state index contributed by atoms with van der Waals surface area (Å²) < 4.78 is 17.1. The fraction of sp³-hybridized carbons (Fsp3) is 0.368. The van der Waals surface area contributed by atoms with E-state index in [-0.39, 0.29) is 18.0 Å². The zero-order valence-corrected chi connectivity index (χ0v) is 15.3. The number of hydrogen-bond donors (Lipinski definition) is 0. The molecule has 2 aromatic heterocycles. The monoisotopic (exact) mass is 385 g/mol. The van der Waals surface area contributed by atoms with Crippen LogP contribution in [0.5, 0.6) is 0 Å². The van der Waals surface area contributed by atoms with Crippen LogP contribution >= 0.6 is 0 Å². The average Bonchev–Trinajstić information content (AvgIpc) is 3.09. The van der Waals surface area contributed by atoms with Gasteiger partial charge in [-0.05, 0) is 19.1 Å². The molecule has 1 fully saturated rings. The van der Waals surface area contributed by atoms with Crippen LogP contribution in [-0.4, -0.2) is 58.7 Å². The molecular weight excluding hydrogens is 366 g/mol. The van der Waals surface area contributed by atoms with Gasteiger partial charge >= 0.3 is 5.97 Å². The Morgan fingerprint density at radius 2 is 2.00 bits per heavy atom. The maximum Gasteiger partial charge on any atom is 0.326 e. The quantitative estimate of drug-likeness (QED) is 0.616. The Morgan fingerprint density at radius 1 is 1.25 bits per heavy atom. The highest BCUT2D eigenvalue weighted by Crippen LogP contribution is 2.24. The van der Waals surface area contributed by atoms with Crippen LogP contribution in [0.4, 0.5) is 0 Å². The van der Waals surface area contributed by atoms with Crippen LogP contribution in [0.2, 0.25) is 0 Å². The predicted octanol–water partition coefficient (Wildman–Crippen LogP) is 0.933. The first-order chi connectivity index (χ1) is 13.5. The molecule has 28 heavy (non-hydrogen) atoms. The van der Waals surface area contributed by atoms with Gasteiger partial charge in [0.05, 0.1) is 19.5 Å². The van der Waals surface area contributed by atoms with Crippen molar-refractivity contribution in [1.29, 1.82) is 0 Å². The lowest BCUT2D eigenvalue weighted by molar-refractivity contribution is -0.161. The van der Waals surface area contributed by atoms with Crippen LogP contribution in [0.25, 0.3) is 22.1 Å². The number of benzene rings is 1. The minimum absolute atomic E-state index is 0.0777. The smallest absolute Gasteiger partial charge is 0.326 e. The van der Waals surface area contributed by atoms with Crippen molar-refractivity contribution >= 4 is 33.9 Å². The van der Waals surface area contributed by atoms with Crippen molar-refractivity contribution in [1.82, 2.24) is 14.5 Å². The first-order valence-electron chi connectivity index (χ1n) is 8.97. The van der Waals surface area contributed by atoms with Gasteiger partial charge in [0.25, 0.3) is 11.5 Å². The Kier molecular flexibility index (Phi) is 4.82. The van der Waals surface area contributed by atoms with Crippen molar-refractivity contribution in [3.05, 3.63) is 40.9 Å². The van der Waals surface area contributed by atoms with Crippen molar-refractivity contribution in [2.24, 2.45) is 0 Å². The Bertz CT molecular complexity index is 1100. The van der Waals surface area contributed by atoms with Crippen LogP contribution in [0.1, 0.15) is 6.92 Å². The topological polar surface area (TPSA) is 104 Å². The van der Waals surface area contributed by atoms with Gasteiger partial charge < -0.3 is 18.8 Å². The first-order valence-corrected chi connectivity index (χ1v) is 8.97. The van der Waals surface area contributed by atoms with Gasteiger partial charge in [-0.25, -0.2) is 4.98 Å². The van der Waals surface area contributed by atoms with Gasteiger partial charge in [0, 0.05) is 18.5 Å². The SMILES string of the molecule is CC(OC(=O)Cn1cnc2c(oc3ccccc32)c1=O)C(=O)N1CCOCC1. The van der Waals surface area contributed by atoms with Gasteiger partial charge in [0.1, 0.15) is 17.6 Å². The van der Waals surface area contributed by atoms with E-state index in [0.29, 0.717) is 37.4 Å². The number of furan rings is 1. The number of para-hydroxylation sites is 1. The fourth-order valence-electron chi connectivity index (χ4n) is 3.19. The van der Waals surface area contributed by atoms with Crippen LogP contribution < -0.4 is 5.56 Å². The lowest BCUT2D eigenvalue weighted by Gasteiger charge is -2.28. The molecule has 1 unspecified atom stereocenters. The van der Waals surface area contributed by atoms with Gasteiger partial charge in [-0.15, -0.1) is 0 Å². The largest absolute Gasteiger partial charge is 0.451 e. The van der Waals surface area contributed by atoms with Crippen molar-refractivity contribution < 1.29 is 23.5 Å². The molecule has 1 aliphatic heterocycles. The lowest BCUT2D eigenvalue weighted by atomic mass is 10.2. The lowest BCUT2D eigenvalue weighted by Crippen LogP contribution is -2.46. The summed E-state index contributed by atoms with van der Waals surface area (Å²) in [7, 11) is 0. The van der Waals surface area contributed by atoms with Crippen LogP contribution in [0, 0.1) is 0 Å². The average molecular weight is 385 g/mol. The number of carbonyl (C=O) groups is 2. The zero-order chi connectivity index (χ0) is 19.7. The molecule has 3 aromatic rings. The molecule has 1 aromatic carbocycles. The number of ether oxygens (including phenoxy) is 2. The summed E-state index contributed by atoms with van der Waals surface area (Å²) in [5, 5.41) is 0.731. The summed E-state index contributed by atoms with van der Waals surface area (Å²) in [6.45, 7) is 3.01. The van der Waals surface area contributed by atoms with Crippen LogP contribution in [-0.2, 0) is 25.6 Å². The molecule has 0 bridgehead atoms. The number of morpholine rings is 1. The minimum atomic E-state index is -0.941. The molecule has 4 rings (SSSR count). The zero-order valence-electron chi connectivity index (χ0n) is 15.3. The molecule has 146 valence electrons. The second kappa shape index (κ2) is 7.43. The first kappa shape index (κ1) is 18.2. The Morgan fingerprint density at radius 3 is 2.79 bits per heavy atom. The number of rotatable bonds is 4. The highest BCUT2D eigenvalue weighted by atomic mass is 16.5. The number of esters is 1. The maximum atomic E-state index is 12.6. The number of aromatic nitrogens is 2. The van der Waals surface area contributed by atoms with E-state index in [1.54, 1.807) is 17.0 Å². The van der Waals surface area contributed by atoms with Crippen molar-refractivity contribution in [2.75, 3.05) is 26.3 Å². The molecule has 1 amide bonds. The maximum absolute atomic E-state index is 12.6. The highest BCUT2D eigenvalue weighted by Gasteiger charge is 2.25. The molecular formula is C19H19N3O6. The Balaban J connectivity index is 1.49. The number of hydrogen-bond acceptors (Lipinski definition) is 7. The van der Waals surface area contributed by atoms with Gasteiger partial charge in [0.15, 0.2) is 6.10 Å². The standard InChI is InChI=1S/C19H19N3O6/c1-12(18(24)21-6-8-26-9-7-21)27-15(23)10-22-11-20-16-13-4-2-3-5-14(13)28-17(16)19(22)25/h2-5,11-12H,6-10H2,1H3. The van der Waals surface area contributed by atoms with Crippen LogP contribution in [0.3, 0.4) is 0 Å². The number of nitrogens with zero attached hydrogens (tertiary/aromatic N) is 3. The second-order valence-corrected chi connectivity index (χ2v) is 6.52. The highest BCUT2D eigenvalue weighted by molar-refractivity contribution is 6.01. The fourth-order valence-corrected chi connectivity index (χ4v) is 3.19. The van der Waals surface area contributed by atoms with Gasteiger partial charge in [-0.2, -0.15) is 0 Å². The molecule has 9 nitrogen and oxygen atoms in total. The normalized spacial score (nSPS) is 15.7. The van der Waals surface area contributed by atoms with E-state index in [9.17, 15) is 14.4 Å². The molecule has 1 saturated heterocycles. The van der Waals surface area contributed by atoms with E-state index in [2.05, 4.69) is 4.98 Å². The predicted molar refractivity (Wildman–Crippen MR) is 98.7 cm³/mol. The molecule has 0 spiro atoms. The summed E-state index contributed by atoms with van der Waals surface area (Å²) in [5.74, 6) is -0.983. The van der Waals surface area contributed by atoms with E-state index in [1.807, 2.05) is 12.1 Å². The number of fused-ring (bicyclic) bond motifs is 3. The summed E-state index contributed by atoms with van der Waals surface area (Å²) in [5.41, 5.74) is 0.590. The van der Waals surface area contributed by atoms with E-state index in [1.165, 1.54) is 13.3 Å². The summed E-state index contributed by atoms with van der Waals surface area (Å²) in [6, 6.07) is 7.18. The molecule has 0 saturated carbocycles. The third-order valence-electron chi connectivity index (χ3n) is 4.63. The molecule has 0 aliphatic carbocycles. The number of carbonyl (C=O) groups excluding carboxylic acids is 2. The molecule has 1 aliphatic rings. The van der Waals surface area contributed by atoms with Crippen molar-refractivity contribution in [3.8, 4) is 0 Å². The van der Waals surface area contributed by atoms with E-state index in [4.69, 9.17) is 13.9 Å². The second-order valence-electron chi connectivity index (χ2n) is 6.52. The van der Waals surface area contributed by atoms with Gasteiger partial charge in [-0.1, -0.05) is 12.1 Å².